The number of hydrogen-bond acceptors (Lipinski definition) is 6. The van der Waals surface area contributed by atoms with Gasteiger partial charge in [-0.2, -0.15) is 0 Å². The third-order valence-electron chi connectivity index (χ3n) is 4.15. The summed E-state index contributed by atoms with van der Waals surface area (Å²) in [7, 11) is 2.13. The zero-order valence-electron chi connectivity index (χ0n) is 12.2. The van der Waals surface area contributed by atoms with Crippen LogP contribution in [-0.4, -0.2) is 41.0 Å². The summed E-state index contributed by atoms with van der Waals surface area (Å²) >= 11 is 1.70. The fraction of sp³-hybridized carbons (Fsp3) is 0.571. The zero-order valence-corrected chi connectivity index (χ0v) is 13.0. The molecule has 3 rings (SSSR count). The van der Waals surface area contributed by atoms with Gasteiger partial charge < -0.3 is 11.1 Å². The van der Waals surface area contributed by atoms with E-state index in [-0.39, 0.29) is 0 Å². The van der Waals surface area contributed by atoms with Gasteiger partial charge in [0.25, 0.3) is 0 Å². The summed E-state index contributed by atoms with van der Waals surface area (Å²) < 4.78 is 0. The van der Waals surface area contributed by atoms with Crippen molar-refractivity contribution >= 4 is 27.4 Å². The highest BCUT2D eigenvalue weighted by Crippen LogP contribution is 2.32. The molecule has 1 fully saturated rings. The molecule has 6 heteroatoms. The lowest BCUT2D eigenvalue weighted by Crippen LogP contribution is -2.33. The molecule has 5 nitrogen and oxygen atoms in total. The van der Waals surface area contributed by atoms with E-state index in [1.54, 1.807) is 11.3 Å². The minimum Gasteiger partial charge on any atom is -0.383 e. The van der Waals surface area contributed by atoms with Gasteiger partial charge >= 0.3 is 0 Å². The largest absolute Gasteiger partial charge is 0.383 e. The highest BCUT2D eigenvalue weighted by Gasteiger charge is 2.20. The Morgan fingerprint density at radius 3 is 2.90 bits per heavy atom. The lowest BCUT2D eigenvalue weighted by molar-refractivity contribution is 0.243. The summed E-state index contributed by atoms with van der Waals surface area (Å²) in [5, 5.41) is 4.41. The molecular weight excluding hydrogens is 270 g/mol. The molecule has 0 saturated carbocycles. The molecule has 0 aliphatic carbocycles. The number of nitrogens with zero attached hydrogens (tertiary/aromatic N) is 3. The summed E-state index contributed by atoms with van der Waals surface area (Å²) in [4.78, 5) is 13.8. The van der Waals surface area contributed by atoms with Crippen molar-refractivity contribution in [1.29, 1.82) is 0 Å². The molecule has 20 heavy (non-hydrogen) atoms. The van der Waals surface area contributed by atoms with Crippen LogP contribution in [0.3, 0.4) is 0 Å². The summed E-state index contributed by atoms with van der Waals surface area (Å²) in [6.45, 7) is 7.09. The van der Waals surface area contributed by atoms with E-state index in [2.05, 4.69) is 36.1 Å². The summed E-state index contributed by atoms with van der Waals surface area (Å²) in [5.74, 6) is 1.44. The molecule has 0 aromatic carbocycles. The fourth-order valence-corrected chi connectivity index (χ4v) is 3.82. The maximum atomic E-state index is 6.13. The predicted molar refractivity (Wildman–Crippen MR) is 84.0 cm³/mol. The van der Waals surface area contributed by atoms with Gasteiger partial charge in [0.1, 0.15) is 16.5 Å². The average Bonchev–Trinajstić information content (AvgIpc) is 2.99. The Labute approximate surface area is 123 Å². The van der Waals surface area contributed by atoms with Gasteiger partial charge in [0, 0.05) is 17.5 Å². The average molecular weight is 291 g/mol. The molecule has 1 atom stereocenters. The lowest BCUT2D eigenvalue weighted by atomic mass is 10.2. The first-order chi connectivity index (χ1) is 9.56. The van der Waals surface area contributed by atoms with E-state index < -0.39 is 0 Å². The van der Waals surface area contributed by atoms with Gasteiger partial charge in [-0.05, 0) is 39.4 Å². The second-order valence-corrected chi connectivity index (χ2v) is 6.75. The van der Waals surface area contributed by atoms with Crippen LogP contribution < -0.4 is 11.1 Å². The van der Waals surface area contributed by atoms with Crippen molar-refractivity contribution in [2.75, 3.05) is 25.9 Å². The number of rotatable bonds is 3. The minimum absolute atomic E-state index is 0.572. The van der Waals surface area contributed by atoms with Crippen molar-refractivity contribution in [3.05, 3.63) is 16.3 Å². The maximum absolute atomic E-state index is 6.13. The van der Waals surface area contributed by atoms with Crippen LogP contribution in [0.1, 0.15) is 22.7 Å². The first-order valence-electron chi connectivity index (χ1n) is 6.99. The SMILES string of the molecule is Cc1sc2nc(CN(C)C3CCNC3)nc(N)c2c1C. The number of nitrogens with one attached hydrogen (secondary N) is 1. The van der Waals surface area contributed by atoms with Crippen LogP contribution in [0.15, 0.2) is 0 Å². The van der Waals surface area contributed by atoms with Crippen LogP contribution in [-0.2, 0) is 6.54 Å². The van der Waals surface area contributed by atoms with Gasteiger partial charge in [-0.3, -0.25) is 4.90 Å². The van der Waals surface area contributed by atoms with Gasteiger partial charge in [0.15, 0.2) is 0 Å². The van der Waals surface area contributed by atoms with Crippen molar-refractivity contribution < 1.29 is 0 Å². The summed E-state index contributed by atoms with van der Waals surface area (Å²) in [6.07, 6.45) is 1.19. The molecule has 2 aromatic rings. The molecule has 1 aliphatic rings. The number of fused-ring (bicyclic) bond motifs is 1. The highest BCUT2D eigenvalue weighted by atomic mass is 32.1. The molecule has 1 unspecified atom stereocenters. The van der Waals surface area contributed by atoms with Crippen LogP contribution in [0.4, 0.5) is 5.82 Å². The zero-order chi connectivity index (χ0) is 14.3. The van der Waals surface area contributed by atoms with Crippen molar-refractivity contribution in [2.45, 2.75) is 32.9 Å². The Bertz CT molecular complexity index is 630. The molecule has 1 saturated heterocycles. The van der Waals surface area contributed by atoms with Crippen molar-refractivity contribution in [1.82, 2.24) is 20.2 Å². The number of nitrogens with two attached hydrogens (primary N) is 1. The first kappa shape index (κ1) is 13.7. The number of anilines is 1. The highest BCUT2D eigenvalue weighted by molar-refractivity contribution is 7.18. The van der Waals surface area contributed by atoms with Crippen LogP contribution in [0.25, 0.3) is 10.2 Å². The van der Waals surface area contributed by atoms with Gasteiger partial charge in [0.2, 0.25) is 0 Å². The van der Waals surface area contributed by atoms with Crippen molar-refractivity contribution in [3.8, 4) is 0 Å². The van der Waals surface area contributed by atoms with E-state index >= 15 is 0 Å². The Morgan fingerprint density at radius 1 is 1.40 bits per heavy atom. The fourth-order valence-electron chi connectivity index (χ4n) is 2.77. The molecule has 2 aromatic heterocycles. The van der Waals surface area contributed by atoms with Gasteiger partial charge in [-0.15, -0.1) is 11.3 Å². The van der Waals surface area contributed by atoms with Crippen molar-refractivity contribution in [3.63, 3.8) is 0 Å². The molecule has 1 aliphatic heterocycles. The van der Waals surface area contributed by atoms with Gasteiger partial charge in [-0.25, -0.2) is 9.97 Å². The van der Waals surface area contributed by atoms with E-state index in [1.165, 1.54) is 16.9 Å². The van der Waals surface area contributed by atoms with E-state index in [1.807, 2.05) is 0 Å². The smallest absolute Gasteiger partial charge is 0.146 e. The number of aromatic nitrogens is 2. The Kier molecular flexibility index (Phi) is 3.62. The minimum atomic E-state index is 0.572. The number of aryl methyl sites for hydroxylation is 2. The van der Waals surface area contributed by atoms with Crippen LogP contribution in [0.2, 0.25) is 0 Å². The molecule has 3 heterocycles. The molecule has 108 valence electrons. The first-order valence-corrected chi connectivity index (χ1v) is 7.81. The Hall–Kier alpha value is -1.24. The Morgan fingerprint density at radius 2 is 2.20 bits per heavy atom. The van der Waals surface area contributed by atoms with E-state index in [4.69, 9.17) is 10.7 Å². The van der Waals surface area contributed by atoms with Crippen LogP contribution in [0, 0.1) is 13.8 Å². The number of likely N-dealkylation sites (N-methyl/N-ethyl adjacent to an activating group) is 1. The standard InChI is InChI=1S/C14H21N5S/c1-8-9(2)20-14-12(8)13(15)17-11(18-14)7-19(3)10-4-5-16-6-10/h10,16H,4-7H2,1-3H3,(H2,15,17,18). The van der Waals surface area contributed by atoms with E-state index in [9.17, 15) is 0 Å². The molecular formula is C14H21N5S. The molecule has 0 radical (unpaired) electrons. The lowest BCUT2D eigenvalue weighted by Gasteiger charge is -2.22. The van der Waals surface area contributed by atoms with E-state index in [0.29, 0.717) is 11.9 Å². The van der Waals surface area contributed by atoms with Gasteiger partial charge in [-0.1, -0.05) is 0 Å². The second kappa shape index (κ2) is 5.27. The normalized spacial score (nSPS) is 19.3. The summed E-state index contributed by atoms with van der Waals surface area (Å²) in [6, 6.07) is 0.572. The van der Waals surface area contributed by atoms with Gasteiger partial charge in [0.05, 0.1) is 11.9 Å². The molecule has 0 spiro atoms. The van der Waals surface area contributed by atoms with E-state index in [0.717, 1.165) is 35.7 Å². The summed E-state index contributed by atoms with van der Waals surface area (Å²) in [5.41, 5.74) is 7.34. The van der Waals surface area contributed by atoms with Crippen LogP contribution >= 0.6 is 11.3 Å². The molecule has 0 amide bonds. The predicted octanol–water partition coefficient (Wildman–Crippen LogP) is 1.68. The monoisotopic (exact) mass is 291 g/mol. The molecule has 3 N–H and O–H groups in total. The topological polar surface area (TPSA) is 67.1 Å². The molecule has 0 bridgehead atoms. The maximum Gasteiger partial charge on any atom is 0.146 e. The quantitative estimate of drug-likeness (QED) is 0.900. The number of nitrogen functional groups attached to an aromatic ring is 1. The number of hydrogen-bond donors (Lipinski definition) is 2. The third kappa shape index (κ3) is 2.39. The Balaban J connectivity index is 1.88. The second-order valence-electron chi connectivity index (χ2n) is 5.55. The number of thiophene rings is 1. The van der Waals surface area contributed by atoms with Crippen LogP contribution in [0.5, 0.6) is 0 Å². The van der Waals surface area contributed by atoms with Crippen molar-refractivity contribution in [2.24, 2.45) is 0 Å². The third-order valence-corrected chi connectivity index (χ3v) is 5.25.